The van der Waals surface area contributed by atoms with Crippen molar-refractivity contribution in [2.45, 2.75) is 45.6 Å². The molecule has 0 aliphatic heterocycles. The number of nitrogens with zero attached hydrogens (tertiary/aromatic N) is 1. The summed E-state index contributed by atoms with van der Waals surface area (Å²) < 4.78 is 0. The van der Waals surface area contributed by atoms with Crippen molar-refractivity contribution < 1.29 is 4.79 Å². The van der Waals surface area contributed by atoms with E-state index in [2.05, 4.69) is 22.5 Å². The van der Waals surface area contributed by atoms with Crippen LogP contribution in [-0.4, -0.2) is 23.5 Å². The van der Waals surface area contributed by atoms with Crippen molar-refractivity contribution in [3.05, 3.63) is 22.8 Å². The van der Waals surface area contributed by atoms with E-state index in [9.17, 15) is 4.79 Å². The molecule has 0 spiro atoms. The van der Waals surface area contributed by atoms with Crippen LogP contribution in [0.4, 0.5) is 5.82 Å². The van der Waals surface area contributed by atoms with E-state index < -0.39 is 0 Å². The van der Waals surface area contributed by atoms with Gasteiger partial charge in [0.2, 0.25) is 0 Å². The normalized spacial score (nSPS) is 16.9. The van der Waals surface area contributed by atoms with Crippen LogP contribution in [0.3, 0.4) is 0 Å². The molecule has 0 aromatic carbocycles. The molecule has 1 fully saturated rings. The van der Waals surface area contributed by atoms with Crippen molar-refractivity contribution in [1.82, 2.24) is 10.3 Å². The van der Waals surface area contributed by atoms with Crippen molar-refractivity contribution in [3.8, 4) is 0 Å². The summed E-state index contributed by atoms with van der Waals surface area (Å²) in [7, 11) is 0. The molecule has 0 bridgehead atoms. The molecule has 20 heavy (non-hydrogen) atoms. The molecule has 0 radical (unpaired) electrons. The summed E-state index contributed by atoms with van der Waals surface area (Å²) in [4.78, 5) is 16.5. The molecule has 2 N–H and O–H groups in total. The Kier molecular flexibility index (Phi) is 5.24. The van der Waals surface area contributed by atoms with Crippen molar-refractivity contribution in [3.63, 3.8) is 0 Å². The lowest BCUT2D eigenvalue weighted by atomic mass is 9.99. The predicted octanol–water partition coefficient (Wildman–Crippen LogP) is 3.48. The topological polar surface area (TPSA) is 54.0 Å². The van der Waals surface area contributed by atoms with Gasteiger partial charge in [0.1, 0.15) is 5.82 Å². The van der Waals surface area contributed by atoms with E-state index in [1.54, 1.807) is 6.07 Å². The summed E-state index contributed by atoms with van der Waals surface area (Å²) in [5, 5.41) is 6.55. The molecule has 0 saturated heterocycles. The summed E-state index contributed by atoms with van der Waals surface area (Å²) in [5.41, 5.74) is 0.488. The van der Waals surface area contributed by atoms with Gasteiger partial charge in [-0.05, 0) is 38.7 Å². The molecule has 1 atom stereocenters. The zero-order chi connectivity index (χ0) is 14.5. The van der Waals surface area contributed by atoms with E-state index >= 15 is 0 Å². The molecule has 5 heteroatoms. The second kappa shape index (κ2) is 6.93. The monoisotopic (exact) mass is 295 g/mol. The predicted molar refractivity (Wildman–Crippen MR) is 82.3 cm³/mol. The minimum absolute atomic E-state index is 0.115. The number of aromatic nitrogens is 1. The number of nitrogens with one attached hydrogen (secondary N) is 2. The first-order valence-electron chi connectivity index (χ1n) is 7.32. The first-order chi connectivity index (χ1) is 9.61. The first kappa shape index (κ1) is 15.1. The van der Waals surface area contributed by atoms with Gasteiger partial charge >= 0.3 is 0 Å². The second-order valence-electron chi connectivity index (χ2n) is 5.39. The number of amides is 1. The Morgan fingerprint density at radius 1 is 1.50 bits per heavy atom. The average molecular weight is 296 g/mol. The maximum atomic E-state index is 12.3. The van der Waals surface area contributed by atoms with Crippen LogP contribution in [-0.2, 0) is 0 Å². The van der Waals surface area contributed by atoms with E-state index in [1.807, 2.05) is 6.92 Å². The van der Waals surface area contributed by atoms with Gasteiger partial charge in [0.05, 0.1) is 10.6 Å². The highest BCUT2D eigenvalue weighted by Gasteiger charge is 2.24. The van der Waals surface area contributed by atoms with Crippen molar-refractivity contribution in [2.75, 3.05) is 11.9 Å². The molecule has 1 aliphatic carbocycles. The minimum atomic E-state index is -0.115. The van der Waals surface area contributed by atoms with Crippen molar-refractivity contribution >= 4 is 23.3 Å². The van der Waals surface area contributed by atoms with Gasteiger partial charge < -0.3 is 10.6 Å². The standard InChI is InChI=1S/C15H22ClN3O/c1-3-17-14-8-12(13(16)9-18-14)15(20)19-10(2)11-6-4-5-7-11/h8-11H,3-7H2,1-2H3,(H,17,18)(H,19,20). The summed E-state index contributed by atoms with van der Waals surface area (Å²) in [6.45, 7) is 4.82. The number of anilines is 1. The second-order valence-corrected chi connectivity index (χ2v) is 5.79. The largest absolute Gasteiger partial charge is 0.370 e. The zero-order valence-corrected chi connectivity index (χ0v) is 12.8. The molecule has 1 amide bonds. The Morgan fingerprint density at radius 2 is 2.20 bits per heavy atom. The molecule has 2 rings (SSSR count). The maximum Gasteiger partial charge on any atom is 0.253 e. The fourth-order valence-electron chi connectivity index (χ4n) is 2.75. The molecule has 1 aromatic rings. The highest BCUT2D eigenvalue weighted by Crippen LogP contribution is 2.28. The quantitative estimate of drug-likeness (QED) is 0.874. The lowest BCUT2D eigenvalue weighted by Crippen LogP contribution is -2.37. The van der Waals surface area contributed by atoms with Crippen LogP contribution in [0.15, 0.2) is 12.3 Å². The summed E-state index contributed by atoms with van der Waals surface area (Å²) in [6, 6.07) is 1.90. The molecule has 1 saturated carbocycles. The minimum Gasteiger partial charge on any atom is -0.370 e. The van der Waals surface area contributed by atoms with Crippen LogP contribution in [0.1, 0.15) is 49.9 Å². The third-order valence-corrected chi connectivity index (χ3v) is 4.22. The maximum absolute atomic E-state index is 12.3. The number of hydrogen-bond acceptors (Lipinski definition) is 3. The first-order valence-corrected chi connectivity index (χ1v) is 7.70. The molecule has 1 unspecified atom stereocenters. The number of rotatable bonds is 5. The average Bonchev–Trinajstić information content (AvgIpc) is 2.95. The third kappa shape index (κ3) is 3.63. The van der Waals surface area contributed by atoms with Gasteiger partial charge in [-0.2, -0.15) is 0 Å². The highest BCUT2D eigenvalue weighted by molar-refractivity contribution is 6.33. The Balaban J connectivity index is 2.05. The van der Waals surface area contributed by atoms with Crippen LogP contribution in [0.2, 0.25) is 5.02 Å². The van der Waals surface area contributed by atoms with Gasteiger partial charge in [0.15, 0.2) is 0 Å². The van der Waals surface area contributed by atoms with Gasteiger partial charge in [0, 0.05) is 18.8 Å². The summed E-state index contributed by atoms with van der Waals surface area (Å²) in [5.74, 6) is 1.15. The lowest BCUT2D eigenvalue weighted by molar-refractivity contribution is 0.0927. The van der Waals surface area contributed by atoms with Crippen LogP contribution >= 0.6 is 11.6 Å². The molecular weight excluding hydrogens is 274 g/mol. The Labute approximate surface area is 125 Å². The van der Waals surface area contributed by atoms with Crippen LogP contribution in [0.25, 0.3) is 0 Å². The van der Waals surface area contributed by atoms with Gasteiger partial charge in [0.25, 0.3) is 5.91 Å². The van der Waals surface area contributed by atoms with Gasteiger partial charge in [-0.25, -0.2) is 4.98 Å². The van der Waals surface area contributed by atoms with E-state index in [0.29, 0.717) is 22.3 Å². The van der Waals surface area contributed by atoms with Crippen molar-refractivity contribution in [2.24, 2.45) is 5.92 Å². The summed E-state index contributed by atoms with van der Waals surface area (Å²) in [6.07, 6.45) is 6.47. The van der Waals surface area contributed by atoms with Crippen LogP contribution in [0, 0.1) is 5.92 Å². The number of halogens is 1. The highest BCUT2D eigenvalue weighted by atomic mass is 35.5. The molecular formula is C15H22ClN3O. The fraction of sp³-hybridized carbons (Fsp3) is 0.600. The van der Waals surface area contributed by atoms with E-state index in [1.165, 1.54) is 31.9 Å². The molecule has 1 heterocycles. The number of pyridine rings is 1. The number of hydrogen-bond donors (Lipinski definition) is 2. The van der Waals surface area contributed by atoms with Crippen molar-refractivity contribution in [1.29, 1.82) is 0 Å². The molecule has 1 aliphatic rings. The SMILES string of the molecule is CCNc1cc(C(=O)NC(C)C2CCCC2)c(Cl)cn1. The fourth-order valence-corrected chi connectivity index (χ4v) is 2.94. The Bertz CT molecular complexity index is 472. The van der Waals surface area contributed by atoms with E-state index in [0.717, 1.165) is 6.54 Å². The van der Waals surface area contributed by atoms with Crippen LogP contribution < -0.4 is 10.6 Å². The molecule has 110 valence electrons. The van der Waals surface area contributed by atoms with Gasteiger partial charge in [-0.3, -0.25) is 4.79 Å². The number of carbonyl (C=O) groups is 1. The Hall–Kier alpha value is -1.29. The summed E-state index contributed by atoms with van der Waals surface area (Å²) >= 11 is 6.08. The van der Waals surface area contributed by atoms with Gasteiger partial charge in [-0.1, -0.05) is 24.4 Å². The van der Waals surface area contributed by atoms with E-state index in [-0.39, 0.29) is 11.9 Å². The lowest BCUT2D eigenvalue weighted by Gasteiger charge is -2.20. The van der Waals surface area contributed by atoms with E-state index in [4.69, 9.17) is 11.6 Å². The smallest absolute Gasteiger partial charge is 0.253 e. The molecule has 4 nitrogen and oxygen atoms in total. The zero-order valence-electron chi connectivity index (χ0n) is 12.1. The van der Waals surface area contributed by atoms with Crippen LogP contribution in [0.5, 0.6) is 0 Å². The Morgan fingerprint density at radius 3 is 2.85 bits per heavy atom. The number of carbonyl (C=O) groups excluding carboxylic acids is 1. The molecule has 1 aromatic heterocycles. The third-order valence-electron chi connectivity index (χ3n) is 3.92. The van der Waals surface area contributed by atoms with Gasteiger partial charge in [-0.15, -0.1) is 0 Å².